The van der Waals surface area contributed by atoms with Gasteiger partial charge in [0.2, 0.25) is 5.95 Å². The standard InChI is InChI=1S/C12H19N5O/c1-18-8-9-3-6-17(7-4-9)12-15-5-2-10(16-12)11(13)14/h2,5,9H,3-4,6-8H2,1H3,(H3,13,14). The average Bonchev–Trinajstić information content (AvgIpc) is 2.40. The largest absolute Gasteiger partial charge is 0.384 e. The van der Waals surface area contributed by atoms with E-state index >= 15 is 0 Å². The molecule has 2 heterocycles. The summed E-state index contributed by atoms with van der Waals surface area (Å²) in [6.07, 6.45) is 3.82. The van der Waals surface area contributed by atoms with Crippen LogP contribution in [0.4, 0.5) is 5.95 Å². The maximum absolute atomic E-state index is 7.39. The van der Waals surface area contributed by atoms with Gasteiger partial charge in [0.15, 0.2) is 0 Å². The number of aromatic nitrogens is 2. The third-order valence-electron chi connectivity index (χ3n) is 3.22. The molecule has 3 N–H and O–H groups in total. The number of methoxy groups -OCH3 is 1. The molecule has 0 bridgehead atoms. The number of hydrogen-bond donors (Lipinski definition) is 2. The van der Waals surface area contributed by atoms with Crippen LogP contribution >= 0.6 is 0 Å². The number of ether oxygens (including phenoxy) is 1. The van der Waals surface area contributed by atoms with Gasteiger partial charge in [-0.15, -0.1) is 0 Å². The van der Waals surface area contributed by atoms with Crippen LogP contribution in [0.25, 0.3) is 0 Å². The first-order valence-electron chi connectivity index (χ1n) is 6.12. The Morgan fingerprint density at radius 3 is 2.89 bits per heavy atom. The molecule has 18 heavy (non-hydrogen) atoms. The molecule has 0 unspecified atom stereocenters. The van der Waals surface area contributed by atoms with Crippen molar-refractivity contribution in [3.05, 3.63) is 18.0 Å². The highest BCUT2D eigenvalue weighted by Crippen LogP contribution is 2.20. The van der Waals surface area contributed by atoms with E-state index in [4.69, 9.17) is 15.9 Å². The first-order valence-corrected chi connectivity index (χ1v) is 6.12. The number of nitrogen functional groups attached to an aromatic ring is 1. The molecular weight excluding hydrogens is 230 g/mol. The van der Waals surface area contributed by atoms with E-state index in [-0.39, 0.29) is 5.84 Å². The molecule has 1 aromatic heterocycles. The van der Waals surface area contributed by atoms with Crippen molar-refractivity contribution >= 4 is 11.8 Å². The molecule has 0 radical (unpaired) electrons. The number of nitrogens with zero attached hydrogens (tertiary/aromatic N) is 3. The fourth-order valence-electron chi connectivity index (χ4n) is 2.19. The summed E-state index contributed by atoms with van der Waals surface area (Å²) < 4.78 is 5.18. The second kappa shape index (κ2) is 5.77. The lowest BCUT2D eigenvalue weighted by Gasteiger charge is -2.31. The summed E-state index contributed by atoms with van der Waals surface area (Å²) in [4.78, 5) is 10.7. The number of hydrogen-bond acceptors (Lipinski definition) is 5. The Hall–Kier alpha value is -1.69. The van der Waals surface area contributed by atoms with Gasteiger partial charge in [-0.25, -0.2) is 9.97 Å². The number of nitrogens with two attached hydrogens (primary N) is 1. The summed E-state index contributed by atoms with van der Waals surface area (Å²) in [6, 6.07) is 1.66. The molecule has 98 valence electrons. The number of amidine groups is 1. The van der Waals surface area contributed by atoms with Crippen LogP contribution in [0.2, 0.25) is 0 Å². The average molecular weight is 249 g/mol. The Labute approximate surface area is 107 Å². The fourth-order valence-corrected chi connectivity index (χ4v) is 2.19. The molecule has 0 amide bonds. The van der Waals surface area contributed by atoms with E-state index in [0.29, 0.717) is 17.6 Å². The molecule has 1 saturated heterocycles. The molecule has 1 aliphatic rings. The molecule has 1 aromatic rings. The predicted molar refractivity (Wildman–Crippen MR) is 69.9 cm³/mol. The van der Waals surface area contributed by atoms with Gasteiger partial charge >= 0.3 is 0 Å². The summed E-state index contributed by atoms with van der Waals surface area (Å²) in [5, 5.41) is 7.39. The SMILES string of the molecule is COCC1CCN(c2nccc(C(=N)N)n2)CC1. The smallest absolute Gasteiger partial charge is 0.225 e. The molecule has 0 spiro atoms. The third kappa shape index (κ3) is 2.95. The van der Waals surface area contributed by atoms with E-state index in [2.05, 4.69) is 14.9 Å². The highest BCUT2D eigenvalue weighted by molar-refractivity contribution is 5.93. The van der Waals surface area contributed by atoms with Crippen LogP contribution in [0.5, 0.6) is 0 Å². The van der Waals surface area contributed by atoms with Crippen molar-refractivity contribution in [2.24, 2.45) is 11.7 Å². The topological polar surface area (TPSA) is 88.1 Å². The fraction of sp³-hybridized carbons (Fsp3) is 0.583. The van der Waals surface area contributed by atoms with Crippen LogP contribution in [-0.4, -0.2) is 42.6 Å². The summed E-state index contributed by atoms with van der Waals surface area (Å²) in [5.41, 5.74) is 5.92. The third-order valence-corrected chi connectivity index (χ3v) is 3.22. The van der Waals surface area contributed by atoms with Gasteiger partial charge in [0.25, 0.3) is 0 Å². The Morgan fingerprint density at radius 2 is 2.28 bits per heavy atom. The van der Waals surface area contributed by atoms with Crippen molar-refractivity contribution in [3.63, 3.8) is 0 Å². The Bertz CT molecular complexity index is 415. The molecule has 0 aromatic carbocycles. The lowest BCUT2D eigenvalue weighted by Crippen LogP contribution is -2.36. The summed E-state index contributed by atoms with van der Waals surface area (Å²) in [5.74, 6) is 1.27. The maximum Gasteiger partial charge on any atom is 0.225 e. The van der Waals surface area contributed by atoms with Gasteiger partial charge in [-0.05, 0) is 24.8 Å². The highest BCUT2D eigenvalue weighted by atomic mass is 16.5. The van der Waals surface area contributed by atoms with E-state index in [1.807, 2.05) is 0 Å². The molecule has 0 aliphatic carbocycles. The molecule has 6 heteroatoms. The van der Waals surface area contributed by atoms with E-state index in [1.165, 1.54) is 0 Å². The molecule has 2 rings (SSSR count). The number of piperidine rings is 1. The Kier molecular flexibility index (Phi) is 4.09. The second-order valence-electron chi connectivity index (χ2n) is 4.54. The molecule has 1 fully saturated rings. The lowest BCUT2D eigenvalue weighted by atomic mass is 9.98. The minimum absolute atomic E-state index is 0.0204. The van der Waals surface area contributed by atoms with Gasteiger partial charge in [0, 0.05) is 33.0 Å². The van der Waals surface area contributed by atoms with Crippen LogP contribution in [0.1, 0.15) is 18.5 Å². The van der Waals surface area contributed by atoms with E-state index in [1.54, 1.807) is 19.4 Å². The zero-order valence-electron chi connectivity index (χ0n) is 10.6. The predicted octanol–water partition coefficient (Wildman–Crippen LogP) is 0.623. The normalized spacial score (nSPS) is 16.8. The lowest BCUT2D eigenvalue weighted by molar-refractivity contribution is 0.139. The highest BCUT2D eigenvalue weighted by Gasteiger charge is 2.21. The number of nitrogens with one attached hydrogen (secondary N) is 1. The Morgan fingerprint density at radius 1 is 1.56 bits per heavy atom. The van der Waals surface area contributed by atoms with Crippen molar-refractivity contribution < 1.29 is 4.74 Å². The van der Waals surface area contributed by atoms with Gasteiger partial charge < -0.3 is 15.4 Å². The minimum atomic E-state index is -0.0204. The first-order chi connectivity index (χ1) is 8.70. The van der Waals surface area contributed by atoms with Gasteiger partial charge in [-0.3, -0.25) is 5.41 Å². The van der Waals surface area contributed by atoms with Crippen molar-refractivity contribution in [1.29, 1.82) is 5.41 Å². The van der Waals surface area contributed by atoms with Gasteiger partial charge in [-0.1, -0.05) is 0 Å². The Balaban J connectivity index is 2.01. The van der Waals surface area contributed by atoms with Crippen LogP contribution < -0.4 is 10.6 Å². The van der Waals surface area contributed by atoms with Gasteiger partial charge in [0.1, 0.15) is 11.5 Å². The first kappa shape index (κ1) is 12.8. The molecule has 0 saturated carbocycles. The van der Waals surface area contributed by atoms with Crippen molar-refractivity contribution in [3.8, 4) is 0 Å². The second-order valence-corrected chi connectivity index (χ2v) is 4.54. The van der Waals surface area contributed by atoms with Crippen LogP contribution in [0, 0.1) is 11.3 Å². The van der Waals surface area contributed by atoms with Gasteiger partial charge in [0.05, 0.1) is 0 Å². The molecule has 6 nitrogen and oxygen atoms in total. The van der Waals surface area contributed by atoms with E-state index in [0.717, 1.165) is 32.5 Å². The van der Waals surface area contributed by atoms with Crippen LogP contribution in [0.15, 0.2) is 12.3 Å². The number of anilines is 1. The van der Waals surface area contributed by atoms with Crippen molar-refractivity contribution in [1.82, 2.24) is 9.97 Å². The summed E-state index contributed by atoms with van der Waals surface area (Å²) in [7, 11) is 1.74. The van der Waals surface area contributed by atoms with Crippen LogP contribution in [-0.2, 0) is 4.74 Å². The summed E-state index contributed by atoms with van der Waals surface area (Å²) >= 11 is 0. The van der Waals surface area contributed by atoms with Crippen molar-refractivity contribution in [2.75, 3.05) is 31.7 Å². The molecule has 0 atom stereocenters. The van der Waals surface area contributed by atoms with E-state index < -0.39 is 0 Å². The number of rotatable bonds is 4. The quantitative estimate of drug-likeness (QED) is 0.603. The molecular formula is C12H19N5O. The maximum atomic E-state index is 7.39. The van der Waals surface area contributed by atoms with Gasteiger partial charge in [-0.2, -0.15) is 0 Å². The zero-order valence-corrected chi connectivity index (χ0v) is 10.6. The van der Waals surface area contributed by atoms with Crippen LogP contribution in [0.3, 0.4) is 0 Å². The minimum Gasteiger partial charge on any atom is -0.384 e. The summed E-state index contributed by atoms with van der Waals surface area (Å²) in [6.45, 7) is 2.67. The zero-order chi connectivity index (χ0) is 13.0. The molecule has 1 aliphatic heterocycles. The van der Waals surface area contributed by atoms with Crippen molar-refractivity contribution in [2.45, 2.75) is 12.8 Å². The monoisotopic (exact) mass is 249 g/mol. The van der Waals surface area contributed by atoms with E-state index in [9.17, 15) is 0 Å².